The minimum Gasteiger partial charge on any atom is -0.256 e. The van der Waals surface area contributed by atoms with E-state index in [1.165, 1.54) is 6.33 Å². The van der Waals surface area contributed by atoms with Crippen LogP contribution in [-0.4, -0.2) is 15.0 Å². The predicted octanol–water partition coefficient (Wildman–Crippen LogP) is 1.34. The predicted molar refractivity (Wildman–Crippen MR) is 44.1 cm³/mol. The van der Waals surface area contributed by atoms with Gasteiger partial charge in [0.05, 0.1) is 5.69 Å². The van der Waals surface area contributed by atoms with Gasteiger partial charge in [-0.2, -0.15) is 0 Å². The molecule has 2 rings (SSSR count). The highest BCUT2D eigenvalue weighted by molar-refractivity contribution is 5.54. The second-order valence-electron chi connectivity index (χ2n) is 2.26. The lowest BCUT2D eigenvalue weighted by Crippen LogP contribution is -1.84. The molecule has 0 saturated heterocycles. The minimum atomic E-state index is 0.818. The van der Waals surface area contributed by atoms with E-state index in [1.54, 1.807) is 12.4 Å². The first-order valence-electron chi connectivity index (χ1n) is 3.56. The highest BCUT2D eigenvalue weighted by Crippen LogP contribution is 2.11. The highest BCUT2D eigenvalue weighted by atomic mass is 14.8. The summed E-state index contributed by atoms with van der Waals surface area (Å²) >= 11 is 0. The number of aromatic nitrogens is 3. The Morgan fingerprint density at radius 2 is 2.25 bits per heavy atom. The Bertz CT molecular complexity index is 307. The van der Waals surface area contributed by atoms with Gasteiger partial charge in [0, 0.05) is 18.0 Å². The van der Waals surface area contributed by atoms with Crippen LogP contribution in [0.3, 0.4) is 0 Å². The fraction of sp³-hybridized carbons (Fsp3) is 0. The molecule has 3 heteroatoms. The average molecular weight is 156 g/mol. The molecule has 2 aromatic rings. The van der Waals surface area contributed by atoms with Gasteiger partial charge in [-0.15, -0.1) is 0 Å². The molecular weight excluding hydrogens is 150 g/mol. The van der Waals surface area contributed by atoms with E-state index in [9.17, 15) is 0 Å². The molecule has 3 nitrogen and oxygen atoms in total. The number of hydrogen-bond donors (Lipinski definition) is 0. The van der Waals surface area contributed by atoms with Gasteiger partial charge in [0.2, 0.25) is 0 Å². The van der Waals surface area contributed by atoms with Gasteiger partial charge in [-0.05, 0) is 12.1 Å². The maximum absolute atomic E-state index is 4.14. The smallest absolute Gasteiger partial charge is 0.116 e. The van der Waals surface area contributed by atoms with Crippen molar-refractivity contribution in [3.8, 4) is 11.3 Å². The van der Waals surface area contributed by atoms with Crippen molar-refractivity contribution in [2.75, 3.05) is 0 Å². The van der Waals surface area contributed by atoms with Crippen LogP contribution in [0.5, 0.6) is 0 Å². The van der Waals surface area contributed by atoms with Gasteiger partial charge in [-0.1, -0.05) is 6.07 Å². The summed E-state index contributed by atoms with van der Waals surface area (Å²) < 4.78 is 0. The third-order valence-corrected chi connectivity index (χ3v) is 1.45. The first-order chi connectivity index (χ1) is 5.97. The number of rotatable bonds is 1. The molecule has 0 atom stereocenters. The molecule has 12 heavy (non-hydrogen) atoms. The van der Waals surface area contributed by atoms with Crippen LogP contribution in [0.4, 0.5) is 0 Å². The van der Waals surface area contributed by atoms with E-state index in [0.717, 1.165) is 11.3 Å². The van der Waals surface area contributed by atoms with Crippen molar-refractivity contribution in [2.45, 2.75) is 0 Å². The van der Waals surface area contributed by atoms with E-state index in [-0.39, 0.29) is 0 Å². The van der Waals surface area contributed by atoms with Crippen LogP contribution in [-0.2, 0) is 0 Å². The maximum Gasteiger partial charge on any atom is 0.116 e. The molecule has 0 aliphatic heterocycles. The van der Waals surface area contributed by atoms with E-state index in [1.807, 2.05) is 18.2 Å². The molecule has 0 bridgehead atoms. The zero-order chi connectivity index (χ0) is 8.23. The molecule has 0 aliphatic rings. The van der Waals surface area contributed by atoms with Crippen molar-refractivity contribution < 1.29 is 0 Å². The molecule has 2 heterocycles. The summed E-state index contributed by atoms with van der Waals surface area (Å²) in [4.78, 5) is 11.8. The number of nitrogens with zero attached hydrogens (tertiary/aromatic N) is 3. The van der Waals surface area contributed by atoms with Gasteiger partial charge in [0.25, 0.3) is 0 Å². The van der Waals surface area contributed by atoms with Crippen molar-refractivity contribution in [1.82, 2.24) is 15.0 Å². The fourth-order valence-corrected chi connectivity index (χ4v) is 0.914. The summed E-state index contributed by atoms with van der Waals surface area (Å²) in [7, 11) is 0. The van der Waals surface area contributed by atoms with Crippen LogP contribution in [0.25, 0.3) is 11.3 Å². The summed E-state index contributed by atoms with van der Waals surface area (Å²) in [6, 6.07) is 5.69. The highest BCUT2D eigenvalue weighted by Gasteiger charge is 1.96. The lowest BCUT2D eigenvalue weighted by Gasteiger charge is -1.95. The standard InChI is InChI=1S/C9H6N3/c1-2-4-12-9(3-1)8-5-10-7-11-6-8/h1-5,7H. The Morgan fingerprint density at radius 1 is 1.25 bits per heavy atom. The average Bonchev–Trinajstić information content (AvgIpc) is 2.21. The van der Waals surface area contributed by atoms with Gasteiger partial charge in [0.1, 0.15) is 12.5 Å². The molecule has 0 amide bonds. The molecule has 0 aromatic carbocycles. The van der Waals surface area contributed by atoms with E-state index >= 15 is 0 Å². The summed E-state index contributed by atoms with van der Waals surface area (Å²) in [5.74, 6) is 0. The fourth-order valence-electron chi connectivity index (χ4n) is 0.914. The maximum atomic E-state index is 4.14. The summed E-state index contributed by atoms with van der Waals surface area (Å²) in [5, 5.41) is 0. The molecule has 0 saturated carbocycles. The molecule has 0 spiro atoms. The van der Waals surface area contributed by atoms with Gasteiger partial charge in [-0.25, -0.2) is 9.97 Å². The molecule has 0 aliphatic carbocycles. The van der Waals surface area contributed by atoms with Gasteiger partial charge >= 0.3 is 0 Å². The number of hydrogen-bond acceptors (Lipinski definition) is 3. The topological polar surface area (TPSA) is 38.7 Å². The van der Waals surface area contributed by atoms with E-state index in [2.05, 4.69) is 21.1 Å². The normalized spacial score (nSPS) is 9.67. The van der Waals surface area contributed by atoms with Crippen molar-refractivity contribution in [1.29, 1.82) is 0 Å². The molecule has 2 aromatic heterocycles. The lowest BCUT2D eigenvalue weighted by molar-refractivity contribution is 1.15. The van der Waals surface area contributed by atoms with Crippen LogP contribution >= 0.6 is 0 Å². The third-order valence-electron chi connectivity index (χ3n) is 1.45. The largest absolute Gasteiger partial charge is 0.256 e. The van der Waals surface area contributed by atoms with Crippen molar-refractivity contribution in [3.05, 3.63) is 43.1 Å². The van der Waals surface area contributed by atoms with E-state index in [0.29, 0.717) is 0 Å². The van der Waals surface area contributed by atoms with Crippen molar-refractivity contribution in [2.24, 2.45) is 0 Å². The minimum absolute atomic E-state index is 0.818. The van der Waals surface area contributed by atoms with Gasteiger partial charge in [0.15, 0.2) is 0 Å². The van der Waals surface area contributed by atoms with Crippen LogP contribution in [0.2, 0.25) is 0 Å². The quantitative estimate of drug-likeness (QED) is 0.625. The lowest BCUT2D eigenvalue weighted by atomic mass is 10.2. The second kappa shape index (κ2) is 3.09. The van der Waals surface area contributed by atoms with E-state index in [4.69, 9.17) is 0 Å². The SMILES string of the molecule is [c]1ncncc1-c1ccccn1. The molecule has 1 radical (unpaired) electrons. The van der Waals surface area contributed by atoms with Crippen molar-refractivity contribution >= 4 is 0 Å². The first kappa shape index (κ1) is 6.91. The molecule has 57 valence electrons. The third kappa shape index (κ3) is 1.29. The van der Waals surface area contributed by atoms with Crippen LogP contribution in [0.15, 0.2) is 36.9 Å². The Labute approximate surface area is 70.1 Å². The van der Waals surface area contributed by atoms with Crippen LogP contribution in [0.1, 0.15) is 0 Å². The zero-order valence-corrected chi connectivity index (χ0v) is 6.31. The van der Waals surface area contributed by atoms with Gasteiger partial charge in [-0.3, -0.25) is 4.98 Å². The zero-order valence-electron chi connectivity index (χ0n) is 6.31. The molecule has 0 N–H and O–H groups in total. The Balaban J connectivity index is 2.46. The molecular formula is C9H6N3. The number of pyridine rings is 1. The van der Waals surface area contributed by atoms with Gasteiger partial charge < -0.3 is 0 Å². The Hall–Kier alpha value is -1.77. The molecule has 0 unspecified atom stereocenters. The Kier molecular flexibility index (Phi) is 1.78. The summed E-state index contributed by atoms with van der Waals surface area (Å²) in [6.07, 6.45) is 7.68. The van der Waals surface area contributed by atoms with Crippen LogP contribution in [0, 0.1) is 6.20 Å². The molecule has 0 fully saturated rings. The van der Waals surface area contributed by atoms with E-state index < -0.39 is 0 Å². The van der Waals surface area contributed by atoms with Crippen LogP contribution < -0.4 is 0 Å². The Morgan fingerprint density at radius 3 is 2.92 bits per heavy atom. The second-order valence-corrected chi connectivity index (χ2v) is 2.26. The monoisotopic (exact) mass is 156 g/mol. The van der Waals surface area contributed by atoms with Crippen molar-refractivity contribution in [3.63, 3.8) is 0 Å². The summed E-state index contributed by atoms with van der Waals surface area (Å²) in [6.45, 7) is 0. The first-order valence-corrected chi connectivity index (χ1v) is 3.56. The summed E-state index contributed by atoms with van der Waals surface area (Å²) in [5.41, 5.74) is 1.66.